The summed E-state index contributed by atoms with van der Waals surface area (Å²) >= 11 is 0. The average molecular weight is 644 g/mol. The van der Waals surface area contributed by atoms with Gasteiger partial charge in [0.25, 0.3) is 0 Å². The highest BCUT2D eigenvalue weighted by Gasteiger charge is 2.82. The number of aliphatic hydroxyl groups is 4. The van der Waals surface area contributed by atoms with Crippen molar-refractivity contribution in [1.82, 2.24) is 4.90 Å². The van der Waals surface area contributed by atoms with E-state index in [1.54, 1.807) is 13.2 Å². The highest BCUT2D eigenvalue weighted by molar-refractivity contribution is 5.73. The molecule has 3 heterocycles. The Morgan fingerprint density at radius 1 is 1.07 bits per heavy atom. The van der Waals surface area contributed by atoms with E-state index in [4.69, 9.17) is 18.9 Å². The zero-order valence-corrected chi connectivity index (χ0v) is 27.4. The summed E-state index contributed by atoms with van der Waals surface area (Å²) in [6.07, 6.45) is -2.16. The molecular weight excluding hydrogens is 594 g/mol. The zero-order valence-electron chi connectivity index (χ0n) is 27.4. The van der Waals surface area contributed by atoms with Gasteiger partial charge in [-0.25, -0.2) is 4.79 Å². The van der Waals surface area contributed by atoms with Crippen LogP contribution in [0.1, 0.15) is 77.3 Å². The van der Waals surface area contributed by atoms with E-state index in [2.05, 4.69) is 31.7 Å². The molecule has 3 aliphatic heterocycles. The molecule has 2 unspecified atom stereocenters. The van der Waals surface area contributed by atoms with E-state index < -0.39 is 59.4 Å². The Kier molecular flexibility index (Phi) is 6.67. The summed E-state index contributed by atoms with van der Waals surface area (Å²) in [7, 11) is 1.75. The topological polar surface area (TPSA) is 158 Å². The first kappa shape index (κ1) is 31.3. The number of likely N-dealkylation sites (tertiary alicyclic amines) is 1. The molecule has 9 rings (SSSR count). The van der Waals surface area contributed by atoms with Gasteiger partial charge in [-0.15, -0.1) is 0 Å². The van der Waals surface area contributed by atoms with Crippen LogP contribution in [0.4, 0.5) is 0 Å². The quantitative estimate of drug-likeness (QED) is 0.296. The number of hydrogen-bond donors (Lipinski definition) is 5. The van der Waals surface area contributed by atoms with Gasteiger partial charge in [0.1, 0.15) is 30.0 Å². The number of hydrogen-bond acceptors (Lipinski definition) is 10. The van der Waals surface area contributed by atoms with Crippen molar-refractivity contribution in [3.8, 4) is 11.5 Å². The van der Waals surface area contributed by atoms with Crippen LogP contribution in [0.15, 0.2) is 12.1 Å². The van der Waals surface area contributed by atoms with Crippen molar-refractivity contribution in [1.29, 1.82) is 0 Å². The van der Waals surface area contributed by atoms with Crippen LogP contribution < -0.4 is 9.47 Å². The monoisotopic (exact) mass is 643 g/mol. The Bertz CT molecular complexity index is 1440. The lowest BCUT2D eigenvalue weighted by Gasteiger charge is -2.75. The molecule has 254 valence electrons. The van der Waals surface area contributed by atoms with E-state index in [1.165, 1.54) is 18.4 Å². The van der Waals surface area contributed by atoms with Gasteiger partial charge < -0.3 is 44.5 Å². The number of carboxylic acid groups (broad SMARTS) is 1. The molecular formula is C35H49NO10. The molecule has 1 aromatic carbocycles. The van der Waals surface area contributed by atoms with Crippen molar-refractivity contribution in [2.45, 2.75) is 132 Å². The molecule has 0 radical (unpaired) electrons. The Labute approximate surface area is 269 Å². The van der Waals surface area contributed by atoms with E-state index in [-0.39, 0.29) is 22.5 Å². The minimum Gasteiger partial charge on any atom is -0.482 e. The van der Waals surface area contributed by atoms with Crippen LogP contribution in [0.3, 0.4) is 0 Å². The molecule has 1 aromatic rings. The van der Waals surface area contributed by atoms with Crippen LogP contribution in [-0.4, -0.2) is 111 Å². The van der Waals surface area contributed by atoms with Crippen molar-refractivity contribution in [2.24, 2.45) is 22.7 Å². The molecule has 5 N–H and O–H groups in total. The van der Waals surface area contributed by atoms with Crippen LogP contribution in [0.5, 0.6) is 11.5 Å². The van der Waals surface area contributed by atoms with Crippen molar-refractivity contribution in [3.63, 3.8) is 0 Å². The van der Waals surface area contributed by atoms with Gasteiger partial charge >= 0.3 is 5.97 Å². The minimum absolute atomic E-state index is 0.169. The second-order valence-corrected chi connectivity index (χ2v) is 16.6. The third-order valence-electron chi connectivity index (χ3n) is 13.9. The van der Waals surface area contributed by atoms with Gasteiger partial charge in [0.05, 0.1) is 5.60 Å². The number of ether oxygens (including phenoxy) is 4. The smallest absolute Gasteiger partial charge is 0.335 e. The first-order valence-corrected chi connectivity index (χ1v) is 17.1. The number of piperidine rings is 1. The fourth-order valence-electron chi connectivity index (χ4n) is 10.9. The Balaban J connectivity index is 1.27. The Morgan fingerprint density at radius 2 is 1.80 bits per heavy atom. The van der Waals surface area contributed by atoms with E-state index in [0.717, 1.165) is 56.7 Å². The molecule has 2 saturated heterocycles. The second-order valence-electron chi connectivity index (χ2n) is 16.6. The van der Waals surface area contributed by atoms with E-state index in [0.29, 0.717) is 11.8 Å². The van der Waals surface area contributed by atoms with Gasteiger partial charge in [0, 0.05) is 42.0 Å². The maximum absolute atomic E-state index is 12.4. The largest absolute Gasteiger partial charge is 0.482 e. The van der Waals surface area contributed by atoms with Crippen LogP contribution >= 0.6 is 0 Å². The Morgan fingerprint density at radius 3 is 2.46 bits per heavy atom. The first-order chi connectivity index (χ1) is 21.6. The number of fused-ring (bicyclic) bond motifs is 2. The summed E-state index contributed by atoms with van der Waals surface area (Å²) in [4.78, 5) is 14.5. The van der Waals surface area contributed by atoms with Crippen LogP contribution in [0.2, 0.25) is 0 Å². The lowest BCUT2D eigenvalue weighted by Crippen LogP contribution is -2.83. The van der Waals surface area contributed by atoms with Crippen LogP contribution in [0, 0.1) is 22.7 Å². The molecule has 4 bridgehead atoms. The van der Waals surface area contributed by atoms with Gasteiger partial charge in [-0.05, 0) is 81.4 Å². The fraction of sp³-hybridized carbons (Fsp3) is 0.800. The predicted octanol–water partition coefficient (Wildman–Crippen LogP) is 1.98. The molecule has 2 spiro atoms. The third kappa shape index (κ3) is 3.76. The minimum atomic E-state index is -1.81. The van der Waals surface area contributed by atoms with Crippen molar-refractivity contribution >= 4 is 5.97 Å². The molecule has 11 nitrogen and oxygen atoms in total. The van der Waals surface area contributed by atoms with Gasteiger partial charge in [0.15, 0.2) is 17.6 Å². The van der Waals surface area contributed by atoms with Gasteiger partial charge in [0.2, 0.25) is 6.29 Å². The number of aliphatic hydroxyl groups excluding tert-OH is 3. The third-order valence-corrected chi connectivity index (χ3v) is 13.9. The van der Waals surface area contributed by atoms with Crippen molar-refractivity contribution < 1.29 is 49.3 Å². The number of rotatable bonds is 7. The molecule has 0 amide bonds. The number of carboxylic acids is 1. The lowest BCUT2D eigenvalue weighted by molar-refractivity contribution is -0.312. The molecule has 6 fully saturated rings. The molecule has 8 aliphatic rings. The van der Waals surface area contributed by atoms with E-state index in [9.17, 15) is 30.3 Å². The summed E-state index contributed by atoms with van der Waals surface area (Å²) < 4.78 is 25.5. The van der Waals surface area contributed by atoms with Crippen molar-refractivity contribution in [3.05, 3.63) is 23.3 Å². The van der Waals surface area contributed by atoms with Crippen molar-refractivity contribution in [2.75, 3.05) is 20.2 Å². The maximum Gasteiger partial charge on any atom is 0.335 e. The molecule has 0 aromatic heterocycles. The highest BCUT2D eigenvalue weighted by Crippen LogP contribution is 2.78. The standard InChI is InChI=1S/C35H49NO10/c1-31(2,3)32(4,42)20-15-33-10-11-35(20,43-5)30-34(33)12-13-36(16-17-6-7-17)21(33)14-18-8-9-19(26(46-30)22(18)34)44-29-25(39)23(37)24(38)27(45-29)28(40)41/h8-9,17,20-21,23-25,27,29-30,37-39,42H,6-7,10-16H2,1-5H3,(H,40,41)/t20-,21-,23?,24+,25-,27+,29-,30-,32?,33-,34+,35-/m1/s1. The van der Waals surface area contributed by atoms with Gasteiger partial charge in [-0.1, -0.05) is 26.8 Å². The number of benzene rings is 1. The van der Waals surface area contributed by atoms with Gasteiger partial charge in [-0.3, -0.25) is 4.90 Å². The fourth-order valence-corrected chi connectivity index (χ4v) is 10.9. The predicted molar refractivity (Wildman–Crippen MR) is 163 cm³/mol. The van der Waals surface area contributed by atoms with Crippen LogP contribution in [-0.2, 0) is 26.1 Å². The number of aliphatic carboxylic acids is 1. The Hall–Kier alpha value is -1.99. The summed E-state index contributed by atoms with van der Waals surface area (Å²) in [6.45, 7) is 10.3. The molecule has 4 saturated carbocycles. The average Bonchev–Trinajstić information content (AvgIpc) is 3.75. The molecule has 46 heavy (non-hydrogen) atoms. The normalized spacial score (nSPS) is 45.5. The first-order valence-electron chi connectivity index (χ1n) is 17.1. The highest BCUT2D eigenvalue weighted by atomic mass is 16.7. The maximum atomic E-state index is 12.4. The molecule has 5 aliphatic carbocycles. The lowest BCUT2D eigenvalue weighted by atomic mass is 9.33. The summed E-state index contributed by atoms with van der Waals surface area (Å²) in [6, 6.07) is 4.14. The number of carbonyl (C=O) groups is 1. The zero-order chi connectivity index (χ0) is 32.8. The molecule has 12 atom stereocenters. The molecule has 11 heteroatoms. The van der Waals surface area contributed by atoms with Crippen LogP contribution in [0.25, 0.3) is 0 Å². The summed E-state index contributed by atoms with van der Waals surface area (Å²) in [5, 5.41) is 53.6. The SMILES string of the molecule is CO[C@]12CC[C@@]3(C[C@@H]1C(C)(O)C(C)(C)C)[C@H]1Cc4ccc(O[C@@H]5O[C@H](C(=O)O)[C@@H](O)C(O)[C@H]5O)c5c4[C@@]3(CCN1CC1CC1)[C@H]2O5. The second kappa shape index (κ2) is 9.80. The number of nitrogens with zero attached hydrogens (tertiary/aromatic N) is 1. The van der Waals surface area contributed by atoms with Gasteiger partial charge in [-0.2, -0.15) is 0 Å². The summed E-state index contributed by atoms with van der Waals surface area (Å²) in [5.74, 6) is -0.0821. The van der Waals surface area contributed by atoms with E-state index in [1.807, 2.05) is 6.92 Å². The van der Waals surface area contributed by atoms with E-state index >= 15 is 0 Å². The summed E-state index contributed by atoms with van der Waals surface area (Å²) in [5.41, 5.74) is -0.512. The number of methoxy groups -OCH3 is 1.